The van der Waals surface area contributed by atoms with Crippen LogP contribution in [0.4, 0.5) is 22.0 Å². The Bertz CT molecular complexity index is 1020. The molecular weight excluding hydrogens is 407 g/mol. The van der Waals surface area contributed by atoms with Crippen molar-refractivity contribution in [2.75, 3.05) is 0 Å². The van der Waals surface area contributed by atoms with Gasteiger partial charge in [-0.25, -0.2) is 22.0 Å². The summed E-state index contributed by atoms with van der Waals surface area (Å²) in [4.78, 5) is 0. The third-order valence-corrected chi connectivity index (χ3v) is 6.13. The molecule has 0 bridgehead atoms. The number of fused-ring (bicyclic) bond motifs is 1. The summed E-state index contributed by atoms with van der Waals surface area (Å²) in [5.41, 5.74) is -0.703. The highest BCUT2D eigenvalue weighted by Gasteiger charge is 2.29. The Kier molecular flexibility index (Phi) is 7.69. The van der Waals surface area contributed by atoms with Crippen LogP contribution < -0.4 is 0 Å². The molecule has 0 aliphatic heterocycles. The minimum atomic E-state index is -1.57. The highest BCUT2D eigenvalue weighted by molar-refractivity contribution is 5.89. The fourth-order valence-corrected chi connectivity index (χ4v) is 4.38. The lowest BCUT2D eigenvalue weighted by Crippen LogP contribution is -2.15. The van der Waals surface area contributed by atoms with E-state index in [1.807, 2.05) is 13.0 Å². The van der Waals surface area contributed by atoms with E-state index in [-0.39, 0.29) is 10.9 Å². The van der Waals surface area contributed by atoms with Gasteiger partial charge < -0.3 is 0 Å². The fraction of sp³-hybridized carbons (Fsp3) is 0.385. The van der Waals surface area contributed by atoms with Crippen LogP contribution in [-0.4, -0.2) is 0 Å². The van der Waals surface area contributed by atoms with E-state index >= 15 is 0 Å². The van der Waals surface area contributed by atoms with Crippen molar-refractivity contribution in [1.82, 2.24) is 0 Å². The van der Waals surface area contributed by atoms with E-state index in [9.17, 15) is 22.0 Å². The van der Waals surface area contributed by atoms with Crippen LogP contribution >= 0.6 is 0 Å². The summed E-state index contributed by atoms with van der Waals surface area (Å²) in [7, 11) is 0. The van der Waals surface area contributed by atoms with Crippen LogP contribution in [0.25, 0.3) is 22.7 Å². The quantitative estimate of drug-likeness (QED) is 0.314. The Morgan fingerprint density at radius 3 is 2.29 bits per heavy atom. The summed E-state index contributed by atoms with van der Waals surface area (Å²) in [6, 6.07) is 3.75. The van der Waals surface area contributed by atoms with E-state index < -0.39 is 46.0 Å². The fourth-order valence-electron chi connectivity index (χ4n) is 4.38. The van der Waals surface area contributed by atoms with Gasteiger partial charge in [0, 0.05) is 11.5 Å². The molecule has 5 heteroatoms. The van der Waals surface area contributed by atoms with Crippen molar-refractivity contribution in [2.24, 2.45) is 11.8 Å². The molecule has 31 heavy (non-hydrogen) atoms. The highest BCUT2D eigenvalue weighted by atomic mass is 19.2. The molecule has 0 unspecified atom stereocenters. The van der Waals surface area contributed by atoms with Gasteiger partial charge in [0.2, 0.25) is 0 Å². The van der Waals surface area contributed by atoms with Crippen molar-refractivity contribution >= 4 is 22.7 Å². The number of allylic oxidation sites excluding steroid dienone is 4. The van der Waals surface area contributed by atoms with Gasteiger partial charge in [0.25, 0.3) is 0 Å². The van der Waals surface area contributed by atoms with Crippen LogP contribution in [0.15, 0.2) is 42.3 Å². The van der Waals surface area contributed by atoms with Crippen LogP contribution in [0, 0.1) is 29.3 Å². The lowest BCUT2D eigenvalue weighted by Gasteiger charge is -2.27. The topological polar surface area (TPSA) is 0 Å². The van der Waals surface area contributed by atoms with Crippen molar-refractivity contribution in [3.05, 3.63) is 70.8 Å². The molecule has 0 radical (unpaired) electrons. The van der Waals surface area contributed by atoms with E-state index in [1.165, 1.54) is 18.2 Å². The summed E-state index contributed by atoms with van der Waals surface area (Å²) in [6.45, 7) is 3.63. The zero-order valence-electron chi connectivity index (χ0n) is 17.8. The second kappa shape index (κ2) is 10.3. The molecular formula is C26H27F5. The predicted octanol–water partition coefficient (Wildman–Crippen LogP) is 9.06. The van der Waals surface area contributed by atoms with Gasteiger partial charge in [0.1, 0.15) is 11.6 Å². The van der Waals surface area contributed by atoms with E-state index in [0.29, 0.717) is 18.8 Å². The van der Waals surface area contributed by atoms with Gasteiger partial charge in [0.15, 0.2) is 17.5 Å². The molecule has 1 saturated carbocycles. The van der Waals surface area contributed by atoms with Gasteiger partial charge in [0.05, 0.1) is 10.9 Å². The predicted molar refractivity (Wildman–Crippen MR) is 117 cm³/mol. The average Bonchev–Trinajstić information content (AvgIpc) is 2.77. The molecule has 3 rings (SSSR count). The Morgan fingerprint density at radius 1 is 0.935 bits per heavy atom. The Labute approximate surface area is 180 Å². The monoisotopic (exact) mass is 434 g/mol. The zero-order valence-corrected chi connectivity index (χ0v) is 17.8. The molecule has 1 aliphatic rings. The minimum Gasteiger partial charge on any atom is -0.208 e. The van der Waals surface area contributed by atoms with Crippen molar-refractivity contribution in [2.45, 2.75) is 52.4 Å². The van der Waals surface area contributed by atoms with E-state index in [0.717, 1.165) is 31.7 Å². The molecule has 0 heterocycles. The summed E-state index contributed by atoms with van der Waals surface area (Å²) in [6.07, 6.45) is 11.5. The Hall–Kier alpha value is -2.43. The molecule has 166 valence electrons. The van der Waals surface area contributed by atoms with E-state index in [1.54, 1.807) is 13.0 Å². The first kappa shape index (κ1) is 23.2. The molecule has 0 spiro atoms. The summed E-state index contributed by atoms with van der Waals surface area (Å²) >= 11 is 0. The summed E-state index contributed by atoms with van der Waals surface area (Å²) in [5, 5.41) is -0.581. The molecule has 0 atom stereocenters. The first-order valence-corrected chi connectivity index (χ1v) is 10.8. The van der Waals surface area contributed by atoms with E-state index in [2.05, 4.69) is 6.08 Å². The molecule has 1 fully saturated rings. The molecule has 0 amide bonds. The third-order valence-electron chi connectivity index (χ3n) is 6.13. The smallest absolute Gasteiger partial charge is 0.170 e. The molecule has 0 saturated heterocycles. The van der Waals surface area contributed by atoms with Crippen molar-refractivity contribution in [1.29, 1.82) is 0 Å². The zero-order chi connectivity index (χ0) is 22.5. The number of rotatable bonds is 6. The van der Waals surface area contributed by atoms with Gasteiger partial charge in [-0.05, 0) is 69.7 Å². The van der Waals surface area contributed by atoms with Gasteiger partial charge in [-0.15, -0.1) is 0 Å². The lowest BCUT2D eigenvalue weighted by molar-refractivity contribution is 0.263. The number of benzene rings is 2. The molecule has 1 aliphatic carbocycles. The van der Waals surface area contributed by atoms with Gasteiger partial charge in [-0.1, -0.05) is 36.4 Å². The third kappa shape index (κ3) is 4.91. The Balaban J connectivity index is 1.89. The minimum absolute atomic E-state index is 0.0182. The number of halogens is 5. The number of hydrogen-bond acceptors (Lipinski definition) is 0. The van der Waals surface area contributed by atoms with Crippen LogP contribution in [-0.2, 0) is 0 Å². The van der Waals surface area contributed by atoms with Crippen LogP contribution in [0.5, 0.6) is 0 Å². The van der Waals surface area contributed by atoms with Gasteiger partial charge in [-0.3, -0.25) is 0 Å². The van der Waals surface area contributed by atoms with Gasteiger partial charge in [-0.2, -0.15) is 0 Å². The molecule has 0 N–H and O–H groups in total. The average molecular weight is 434 g/mol. The summed E-state index contributed by atoms with van der Waals surface area (Å²) < 4.78 is 73.7. The first-order chi connectivity index (χ1) is 14.9. The maximum atomic E-state index is 14.9. The Morgan fingerprint density at radius 2 is 1.65 bits per heavy atom. The highest BCUT2D eigenvalue weighted by Crippen LogP contribution is 2.40. The normalized spacial score (nSPS) is 20.7. The molecule has 0 nitrogen and oxygen atoms in total. The first-order valence-electron chi connectivity index (χ1n) is 10.8. The molecule has 2 aromatic rings. The summed E-state index contributed by atoms with van der Waals surface area (Å²) in [5.74, 6) is -6.63. The second-order valence-electron chi connectivity index (χ2n) is 8.14. The molecule has 0 aromatic heterocycles. The van der Waals surface area contributed by atoms with Crippen LogP contribution in [0.3, 0.4) is 0 Å². The maximum absolute atomic E-state index is 14.9. The standard InChI is InChI=1S/C26H27F5/c1-3-5-6-8-16-9-11-18(12-10-16)23(28)24(29)20-15-19-14-13-17(7-4-2)22(27)21(19)26(31)25(20)30/h3-5,7,13-16,18H,6,8-12H2,1-2H3/b5-3+,7-4+,24-23?. The van der Waals surface area contributed by atoms with Crippen molar-refractivity contribution in [3.63, 3.8) is 0 Å². The van der Waals surface area contributed by atoms with Crippen LogP contribution in [0.1, 0.15) is 63.5 Å². The van der Waals surface area contributed by atoms with Gasteiger partial charge >= 0.3 is 0 Å². The van der Waals surface area contributed by atoms with Crippen molar-refractivity contribution < 1.29 is 22.0 Å². The maximum Gasteiger partial charge on any atom is 0.170 e. The lowest BCUT2D eigenvalue weighted by atomic mass is 9.79. The second-order valence-corrected chi connectivity index (χ2v) is 8.14. The van der Waals surface area contributed by atoms with E-state index in [4.69, 9.17) is 0 Å². The van der Waals surface area contributed by atoms with Crippen molar-refractivity contribution in [3.8, 4) is 0 Å². The van der Waals surface area contributed by atoms with Crippen LogP contribution in [0.2, 0.25) is 0 Å². The number of hydrogen-bond donors (Lipinski definition) is 0. The SMILES string of the molecule is C/C=C/CCC1CCC(C(F)=C(F)c2cc3ccc(/C=C/C)c(F)c3c(F)c2F)CC1. The molecule has 2 aromatic carbocycles. The largest absolute Gasteiger partial charge is 0.208 e.